The zero-order valence-corrected chi connectivity index (χ0v) is 12.5. The van der Waals surface area contributed by atoms with E-state index >= 15 is 0 Å². The molecule has 1 aliphatic carbocycles. The molecule has 0 saturated heterocycles. The number of benzene rings is 1. The number of rotatable bonds is 5. The molecule has 3 rings (SSSR count). The first-order valence-corrected chi connectivity index (χ1v) is 8.18. The minimum atomic E-state index is -0.120. The molecular formula is C17H20FNS. The molecule has 0 spiro atoms. The van der Waals surface area contributed by atoms with E-state index in [2.05, 4.69) is 23.7 Å². The van der Waals surface area contributed by atoms with Gasteiger partial charge in [0.2, 0.25) is 0 Å². The van der Waals surface area contributed by atoms with Crippen LogP contribution < -0.4 is 5.32 Å². The molecule has 0 amide bonds. The predicted molar refractivity (Wildman–Crippen MR) is 82.7 cm³/mol. The SMILES string of the molecule is CCc1ccsc1CNC1CC(c2cccc(F)c2)C1. The van der Waals surface area contributed by atoms with Crippen molar-refractivity contribution in [2.24, 2.45) is 0 Å². The van der Waals surface area contributed by atoms with E-state index in [0.717, 1.165) is 31.4 Å². The van der Waals surface area contributed by atoms with E-state index < -0.39 is 0 Å². The molecule has 20 heavy (non-hydrogen) atoms. The number of hydrogen-bond donors (Lipinski definition) is 1. The zero-order chi connectivity index (χ0) is 13.9. The van der Waals surface area contributed by atoms with Crippen LogP contribution in [0.3, 0.4) is 0 Å². The molecule has 1 fully saturated rings. The van der Waals surface area contributed by atoms with Crippen molar-refractivity contribution in [1.29, 1.82) is 0 Å². The van der Waals surface area contributed by atoms with E-state index in [4.69, 9.17) is 0 Å². The maximum absolute atomic E-state index is 13.2. The van der Waals surface area contributed by atoms with Gasteiger partial charge in [0.25, 0.3) is 0 Å². The van der Waals surface area contributed by atoms with Crippen molar-refractivity contribution in [3.8, 4) is 0 Å². The highest BCUT2D eigenvalue weighted by Crippen LogP contribution is 2.37. The largest absolute Gasteiger partial charge is 0.309 e. The summed E-state index contributed by atoms with van der Waals surface area (Å²) in [5.74, 6) is 0.405. The maximum atomic E-state index is 13.2. The lowest BCUT2D eigenvalue weighted by molar-refractivity contribution is 0.289. The van der Waals surface area contributed by atoms with Crippen LogP contribution in [0, 0.1) is 5.82 Å². The van der Waals surface area contributed by atoms with Crippen molar-refractivity contribution in [3.63, 3.8) is 0 Å². The Kier molecular flexibility index (Phi) is 4.18. The van der Waals surface area contributed by atoms with Crippen molar-refractivity contribution < 1.29 is 4.39 Å². The lowest BCUT2D eigenvalue weighted by Crippen LogP contribution is -2.39. The summed E-state index contributed by atoms with van der Waals surface area (Å²) in [6.45, 7) is 3.18. The average Bonchev–Trinajstić information content (AvgIpc) is 2.84. The summed E-state index contributed by atoms with van der Waals surface area (Å²) in [4.78, 5) is 1.46. The van der Waals surface area contributed by atoms with E-state index in [0.29, 0.717) is 12.0 Å². The molecule has 0 aliphatic heterocycles. The summed E-state index contributed by atoms with van der Waals surface area (Å²) in [7, 11) is 0. The minimum Gasteiger partial charge on any atom is -0.309 e. The fraction of sp³-hybridized carbons (Fsp3) is 0.412. The van der Waals surface area contributed by atoms with Gasteiger partial charge >= 0.3 is 0 Å². The molecular weight excluding hydrogens is 269 g/mol. The molecule has 0 bridgehead atoms. The summed E-state index contributed by atoms with van der Waals surface area (Å²) in [6, 6.07) is 9.84. The number of aryl methyl sites for hydroxylation is 1. The van der Waals surface area contributed by atoms with Crippen LogP contribution in [0.2, 0.25) is 0 Å². The third-order valence-corrected chi connectivity index (χ3v) is 5.19. The lowest BCUT2D eigenvalue weighted by atomic mass is 9.76. The highest BCUT2D eigenvalue weighted by molar-refractivity contribution is 7.10. The van der Waals surface area contributed by atoms with Gasteiger partial charge < -0.3 is 5.32 Å². The molecule has 3 heteroatoms. The Morgan fingerprint density at radius 3 is 2.90 bits per heavy atom. The second-order valence-corrected chi connectivity index (χ2v) is 6.52. The monoisotopic (exact) mass is 289 g/mol. The second kappa shape index (κ2) is 6.06. The molecule has 1 N–H and O–H groups in total. The van der Waals surface area contributed by atoms with E-state index in [1.165, 1.54) is 16.5 Å². The highest BCUT2D eigenvalue weighted by atomic mass is 32.1. The normalized spacial score (nSPS) is 21.7. The smallest absolute Gasteiger partial charge is 0.123 e. The second-order valence-electron chi connectivity index (χ2n) is 5.52. The number of thiophene rings is 1. The van der Waals surface area contributed by atoms with Gasteiger partial charge in [0.1, 0.15) is 5.82 Å². The van der Waals surface area contributed by atoms with Gasteiger partial charge in [-0.05, 0) is 59.9 Å². The Bertz CT molecular complexity index is 572. The zero-order valence-electron chi connectivity index (χ0n) is 11.7. The van der Waals surface area contributed by atoms with E-state index in [1.807, 2.05) is 23.5 Å². The van der Waals surface area contributed by atoms with Crippen LogP contribution in [0.15, 0.2) is 35.7 Å². The van der Waals surface area contributed by atoms with Crippen molar-refractivity contribution >= 4 is 11.3 Å². The highest BCUT2D eigenvalue weighted by Gasteiger charge is 2.30. The Morgan fingerprint density at radius 1 is 1.30 bits per heavy atom. The Hall–Kier alpha value is -1.19. The Labute approximate surface area is 123 Å². The fourth-order valence-electron chi connectivity index (χ4n) is 2.89. The molecule has 1 nitrogen and oxygen atoms in total. The molecule has 0 unspecified atom stereocenters. The quantitative estimate of drug-likeness (QED) is 0.855. The first-order chi connectivity index (χ1) is 9.76. The number of hydrogen-bond acceptors (Lipinski definition) is 2. The van der Waals surface area contributed by atoms with Gasteiger partial charge in [-0.3, -0.25) is 0 Å². The summed E-state index contributed by atoms with van der Waals surface area (Å²) in [5.41, 5.74) is 2.61. The van der Waals surface area contributed by atoms with E-state index in [9.17, 15) is 4.39 Å². The summed E-state index contributed by atoms with van der Waals surface area (Å²) in [6.07, 6.45) is 3.35. The van der Waals surface area contributed by atoms with Gasteiger partial charge in [0, 0.05) is 17.5 Å². The van der Waals surface area contributed by atoms with Crippen LogP contribution in [-0.2, 0) is 13.0 Å². The van der Waals surface area contributed by atoms with Crippen LogP contribution in [0.1, 0.15) is 41.7 Å². The first kappa shape index (κ1) is 13.8. The van der Waals surface area contributed by atoms with Gasteiger partial charge in [-0.1, -0.05) is 19.1 Å². The molecule has 2 aromatic rings. The van der Waals surface area contributed by atoms with Gasteiger partial charge in [-0.25, -0.2) is 4.39 Å². The summed E-state index contributed by atoms with van der Waals surface area (Å²) in [5, 5.41) is 5.80. The van der Waals surface area contributed by atoms with Crippen LogP contribution in [0.25, 0.3) is 0 Å². The van der Waals surface area contributed by atoms with Crippen LogP contribution in [0.5, 0.6) is 0 Å². The summed E-state index contributed by atoms with van der Waals surface area (Å²) >= 11 is 1.84. The molecule has 1 heterocycles. The molecule has 1 aliphatic rings. The molecule has 0 radical (unpaired) electrons. The van der Waals surface area contributed by atoms with Gasteiger partial charge in [0.05, 0.1) is 0 Å². The van der Waals surface area contributed by atoms with Crippen LogP contribution in [-0.4, -0.2) is 6.04 Å². The average molecular weight is 289 g/mol. The van der Waals surface area contributed by atoms with Crippen LogP contribution >= 0.6 is 11.3 Å². The van der Waals surface area contributed by atoms with Gasteiger partial charge in [-0.15, -0.1) is 11.3 Å². The third kappa shape index (κ3) is 2.94. The molecule has 1 aromatic heterocycles. The molecule has 1 saturated carbocycles. The molecule has 106 valence electrons. The van der Waals surface area contributed by atoms with Gasteiger partial charge in [-0.2, -0.15) is 0 Å². The van der Waals surface area contributed by atoms with E-state index in [-0.39, 0.29) is 5.82 Å². The number of nitrogens with one attached hydrogen (secondary N) is 1. The standard InChI is InChI=1S/C17H20FNS/c1-2-12-6-7-20-17(12)11-19-16-9-14(10-16)13-4-3-5-15(18)8-13/h3-8,14,16,19H,2,9-11H2,1H3. The number of halogens is 1. The Balaban J connectivity index is 1.49. The molecule has 0 atom stereocenters. The van der Waals surface area contributed by atoms with E-state index in [1.54, 1.807) is 6.07 Å². The van der Waals surface area contributed by atoms with Gasteiger partial charge in [0.15, 0.2) is 0 Å². The Morgan fingerprint density at radius 2 is 2.15 bits per heavy atom. The third-order valence-electron chi connectivity index (χ3n) is 4.23. The topological polar surface area (TPSA) is 12.0 Å². The van der Waals surface area contributed by atoms with Crippen LogP contribution in [0.4, 0.5) is 4.39 Å². The molecule has 1 aromatic carbocycles. The first-order valence-electron chi connectivity index (χ1n) is 7.30. The van der Waals surface area contributed by atoms with Crippen molar-refractivity contribution in [2.45, 2.75) is 44.7 Å². The van der Waals surface area contributed by atoms with Crippen molar-refractivity contribution in [3.05, 3.63) is 57.5 Å². The predicted octanol–water partition coefficient (Wildman–Crippen LogP) is 4.49. The fourth-order valence-corrected chi connectivity index (χ4v) is 3.82. The van der Waals surface area contributed by atoms with Crippen molar-refractivity contribution in [1.82, 2.24) is 5.32 Å². The summed E-state index contributed by atoms with van der Waals surface area (Å²) < 4.78 is 13.2. The lowest BCUT2D eigenvalue weighted by Gasteiger charge is -2.36. The van der Waals surface area contributed by atoms with Crippen molar-refractivity contribution in [2.75, 3.05) is 0 Å². The maximum Gasteiger partial charge on any atom is 0.123 e. The minimum absolute atomic E-state index is 0.120.